The normalized spacial score (nSPS) is 18.9. The van der Waals surface area contributed by atoms with Crippen LogP contribution in [0.2, 0.25) is 5.02 Å². The van der Waals surface area contributed by atoms with Gasteiger partial charge in [0.25, 0.3) is 11.5 Å². The highest BCUT2D eigenvalue weighted by Crippen LogP contribution is 2.55. The number of rotatable bonds is 16. The van der Waals surface area contributed by atoms with E-state index in [4.69, 9.17) is 30.5 Å². The molecule has 0 bridgehead atoms. The Balaban J connectivity index is 0.755. The fraction of sp³-hybridized carbons (Fsp3) is 0.380. The Morgan fingerprint density at radius 1 is 0.926 bits per heavy atom. The second-order valence-corrected chi connectivity index (χ2v) is 21.2. The summed E-state index contributed by atoms with van der Waals surface area (Å²) < 4.78 is 55.0. The first kappa shape index (κ1) is 46.5. The van der Waals surface area contributed by atoms with Gasteiger partial charge in [0.05, 0.1) is 34.1 Å². The number of aromatic nitrogens is 4. The summed E-state index contributed by atoms with van der Waals surface area (Å²) in [4.78, 5) is 40.6. The summed E-state index contributed by atoms with van der Waals surface area (Å²) in [7, 11) is -1.85. The number of nitriles is 1. The topological polar surface area (TPSA) is 203 Å². The standard InChI is InChI=1S/C50H53ClN8O8S/c1-49(2)46(50(3,4)47(49)67-36-11-9-30(26-52)41(51)25-36)56-44(60)31-27-54-48(55-28-31)59-19-16-33(17-20-59)64-21-22-65-34-7-6-8-35(24-34)66-42-14-10-32(57-68(62,63)37-12-13-37)23-39(42)40-29-58(5)45(61)43-38(40)15-18-53-43/h6-11,14-15,18,23-25,27-29,33,37,46-47,53,57H,12-13,16-17,19-22H2,1-5H3,(H,56,60). The molecule has 1 amide bonds. The highest BCUT2D eigenvalue weighted by Gasteiger charge is 2.64. The lowest BCUT2D eigenvalue weighted by molar-refractivity contribution is -0.164. The van der Waals surface area contributed by atoms with E-state index in [0.717, 1.165) is 12.8 Å². The molecule has 0 unspecified atom stereocenters. The maximum atomic E-state index is 13.5. The van der Waals surface area contributed by atoms with Gasteiger partial charge in [-0.1, -0.05) is 45.4 Å². The summed E-state index contributed by atoms with van der Waals surface area (Å²) in [6.07, 6.45) is 9.17. The first-order valence-electron chi connectivity index (χ1n) is 22.6. The van der Waals surface area contributed by atoms with Gasteiger partial charge in [0.2, 0.25) is 16.0 Å². The minimum absolute atomic E-state index is 0.0320. The molecular weight excluding hydrogens is 908 g/mol. The molecule has 18 heteroatoms. The molecule has 2 saturated carbocycles. The molecule has 1 saturated heterocycles. The molecule has 3 fully saturated rings. The van der Waals surface area contributed by atoms with Gasteiger partial charge in [-0.25, -0.2) is 18.4 Å². The number of nitrogens with one attached hydrogen (secondary N) is 3. The van der Waals surface area contributed by atoms with E-state index < -0.39 is 26.1 Å². The average Bonchev–Trinajstić information content (AvgIpc) is 4.08. The van der Waals surface area contributed by atoms with Crippen LogP contribution in [0.5, 0.6) is 23.0 Å². The first-order valence-corrected chi connectivity index (χ1v) is 24.5. The summed E-state index contributed by atoms with van der Waals surface area (Å²) in [5.41, 5.74) is 1.88. The van der Waals surface area contributed by atoms with E-state index in [2.05, 4.69) is 63.7 Å². The summed E-state index contributed by atoms with van der Waals surface area (Å²) >= 11 is 6.25. The zero-order valence-corrected chi connectivity index (χ0v) is 40.0. The van der Waals surface area contributed by atoms with E-state index in [-0.39, 0.29) is 29.7 Å². The number of benzene rings is 3. The van der Waals surface area contributed by atoms with Crippen molar-refractivity contribution in [3.8, 4) is 40.2 Å². The van der Waals surface area contributed by atoms with Gasteiger partial charge in [-0.15, -0.1) is 0 Å². The molecule has 6 aromatic rings. The molecule has 354 valence electrons. The third kappa shape index (κ3) is 9.45. The smallest absolute Gasteiger partial charge is 0.274 e. The number of aryl methyl sites for hydroxylation is 1. The molecule has 3 N–H and O–H groups in total. The largest absolute Gasteiger partial charge is 0.491 e. The van der Waals surface area contributed by atoms with Crippen molar-refractivity contribution in [3.63, 3.8) is 0 Å². The number of aromatic amines is 1. The SMILES string of the molecule is Cn1cc(-c2cc(NS(=O)(=O)C3CC3)ccc2Oc2cccc(OCCOC3CCN(c4ncc(C(=O)NC5C(C)(C)C(Oc6ccc(C#N)c(Cl)c6)C5(C)C)cn4)CC3)c2)c2cc[nH]c2c1=O. The molecule has 3 aliphatic rings. The van der Waals surface area contributed by atoms with Gasteiger partial charge in [-0.05, 0) is 74.2 Å². The third-order valence-corrected chi connectivity index (χ3v) is 15.4. The van der Waals surface area contributed by atoms with Gasteiger partial charge in [-0.3, -0.25) is 14.3 Å². The number of ether oxygens (including phenoxy) is 4. The molecule has 16 nitrogen and oxygen atoms in total. The Morgan fingerprint density at radius 2 is 1.66 bits per heavy atom. The van der Waals surface area contributed by atoms with Crippen LogP contribution in [-0.2, 0) is 21.8 Å². The number of nitrogens with zero attached hydrogens (tertiary/aromatic N) is 5. The number of H-pyrrole nitrogens is 1. The highest BCUT2D eigenvalue weighted by molar-refractivity contribution is 7.93. The van der Waals surface area contributed by atoms with Crippen LogP contribution < -0.4 is 34.7 Å². The monoisotopic (exact) mass is 960 g/mol. The number of halogens is 1. The summed E-state index contributed by atoms with van der Waals surface area (Å²) in [5.74, 6) is 2.42. The van der Waals surface area contributed by atoms with E-state index in [0.29, 0.717) is 112 Å². The zero-order valence-electron chi connectivity index (χ0n) is 38.4. The van der Waals surface area contributed by atoms with Crippen LogP contribution in [0.1, 0.15) is 69.3 Å². The molecule has 3 aromatic carbocycles. The lowest BCUT2D eigenvalue weighted by Crippen LogP contribution is -2.74. The minimum Gasteiger partial charge on any atom is -0.491 e. The van der Waals surface area contributed by atoms with Gasteiger partial charge >= 0.3 is 0 Å². The van der Waals surface area contributed by atoms with Crippen molar-refractivity contribution in [1.29, 1.82) is 5.26 Å². The zero-order chi connectivity index (χ0) is 48.0. The predicted octanol–water partition coefficient (Wildman–Crippen LogP) is 8.22. The van der Waals surface area contributed by atoms with Gasteiger partial charge in [-0.2, -0.15) is 5.26 Å². The van der Waals surface area contributed by atoms with Gasteiger partial charge < -0.3 is 38.7 Å². The van der Waals surface area contributed by atoms with Crippen LogP contribution in [0.15, 0.2) is 96.3 Å². The van der Waals surface area contributed by atoms with Gasteiger partial charge in [0.1, 0.15) is 47.3 Å². The van der Waals surface area contributed by atoms with Crippen molar-refractivity contribution in [2.45, 2.75) is 76.9 Å². The van der Waals surface area contributed by atoms with Crippen molar-refractivity contribution in [2.24, 2.45) is 17.9 Å². The van der Waals surface area contributed by atoms with Crippen molar-refractivity contribution in [2.75, 3.05) is 35.9 Å². The fourth-order valence-corrected chi connectivity index (χ4v) is 11.4. The molecule has 3 aromatic heterocycles. The molecule has 9 rings (SSSR count). The summed E-state index contributed by atoms with van der Waals surface area (Å²) in [6, 6.07) is 21.1. The molecular formula is C50H53ClN8O8S. The number of piperidine rings is 1. The maximum absolute atomic E-state index is 13.5. The number of amides is 1. The molecule has 0 atom stereocenters. The quantitative estimate of drug-likeness (QED) is 0.0786. The van der Waals surface area contributed by atoms with E-state index >= 15 is 0 Å². The van der Waals surface area contributed by atoms with E-state index in [1.807, 2.05) is 24.3 Å². The number of sulfonamides is 1. The van der Waals surface area contributed by atoms with Crippen LogP contribution in [0, 0.1) is 22.2 Å². The Labute approximate surface area is 399 Å². The van der Waals surface area contributed by atoms with Gasteiger partial charge in [0.15, 0.2) is 0 Å². The second kappa shape index (κ2) is 18.5. The van der Waals surface area contributed by atoms with Crippen LogP contribution in [0.4, 0.5) is 11.6 Å². The summed E-state index contributed by atoms with van der Waals surface area (Å²) in [6.45, 7) is 10.3. The van der Waals surface area contributed by atoms with Gasteiger partial charge in [0, 0.05) is 96.1 Å². The molecule has 0 spiro atoms. The van der Waals surface area contributed by atoms with Crippen molar-refractivity contribution in [3.05, 3.63) is 118 Å². The number of carbonyl (C=O) groups is 1. The number of fused-ring (bicyclic) bond motifs is 1. The molecule has 2 aliphatic carbocycles. The maximum Gasteiger partial charge on any atom is 0.274 e. The summed E-state index contributed by atoms with van der Waals surface area (Å²) in [5, 5.41) is 13.0. The lowest BCUT2D eigenvalue weighted by Gasteiger charge is -2.63. The van der Waals surface area contributed by atoms with E-state index in [9.17, 15) is 23.3 Å². The number of pyridine rings is 1. The second-order valence-electron chi connectivity index (χ2n) is 18.8. The number of carbonyl (C=O) groups excluding carboxylic acids is 1. The molecule has 0 radical (unpaired) electrons. The lowest BCUT2D eigenvalue weighted by atomic mass is 9.49. The Hall–Kier alpha value is -6.61. The Morgan fingerprint density at radius 3 is 2.37 bits per heavy atom. The van der Waals surface area contributed by atoms with Crippen LogP contribution >= 0.6 is 11.6 Å². The molecule has 4 heterocycles. The average molecular weight is 962 g/mol. The number of hydrogen-bond donors (Lipinski definition) is 3. The van der Waals surface area contributed by atoms with Crippen LogP contribution in [-0.4, -0.2) is 83.6 Å². The fourth-order valence-electron chi connectivity index (χ4n) is 9.77. The third-order valence-electron chi connectivity index (χ3n) is 13.2. The van der Waals surface area contributed by atoms with Crippen LogP contribution in [0.3, 0.4) is 0 Å². The minimum atomic E-state index is -3.52. The predicted molar refractivity (Wildman–Crippen MR) is 259 cm³/mol. The van der Waals surface area contributed by atoms with Crippen LogP contribution in [0.25, 0.3) is 22.0 Å². The Bertz CT molecular complexity index is 3070. The van der Waals surface area contributed by atoms with Crippen molar-refractivity contribution in [1.82, 2.24) is 24.8 Å². The molecule has 1 aliphatic heterocycles. The number of anilines is 2. The van der Waals surface area contributed by atoms with E-state index in [1.165, 1.54) is 4.57 Å². The Kier molecular flexibility index (Phi) is 12.6. The number of hydrogen-bond acceptors (Lipinski definition) is 12. The highest BCUT2D eigenvalue weighted by atomic mass is 35.5. The van der Waals surface area contributed by atoms with Crippen molar-refractivity contribution < 1.29 is 32.2 Å². The molecule has 68 heavy (non-hydrogen) atoms. The first-order chi connectivity index (χ1) is 32.5. The van der Waals surface area contributed by atoms with E-state index in [1.54, 1.807) is 74.3 Å². The van der Waals surface area contributed by atoms with Crippen molar-refractivity contribution >= 4 is 50.1 Å².